The number of thioether (sulfide) groups is 1. The summed E-state index contributed by atoms with van der Waals surface area (Å²) >= 11 is 1.18. The molecule has 1 atom stereocenters. The number of hydrogen-bond acceptors (Lipinski definition) is 3. The van der Waals surface area contributed by atoms with Crippen LogP contribution in [0.2, 0.25) is 0 Å². The van der Waals surface area contributed by atoms with E-state index in [0.29, 0.717) is 5.16 Å². The minimum Gasteiger partial charge on any atom is -0.323 e. The summed E-state index contributed by atoms with van der Waals surface area (Å²) in [7, 11) is 1.83. The van der Waals surface area contributed by atoms with Crippen LogP contribution in [-0.2, 0) is 11.8 Å². The minimum atomic E-state index is -1.62. The van der Waals surface area contributed by atoms with E-state index in [1.807, 2.05) is 41.9 Å². The average Bonchev–Trinajstić information content (AvgIpc) is 3.03. The first kappa shape index (κ1) is 19.0. The summed E-state index contributed by atoms with van der Waals surface area (Å²) in [6.07, 6.45) is 1.71. The number of rotatable bonds is 5. The van der Waals surface area contributed by atoms with Crippen molar-refractivity contribution in [1.82, 2.24) is 9.55 Å². The van der Waals surface area contributed by atoms with Crippen molar-refractivity contribution >= 4 is 23.4 Å². The molecular weight excluding hydrogens is 375 g/mol. The Kier molecular flexibility index (Phi) is 5.55. The number of benzene rings is 2. The van der Waals surface area contributed by atoms with E-state index in [0.717, 1.165) is 23.4 Å². The van der Waals surface area contributed by atoms with Crippen molar-refractivity contribution in [2.24, 2.45) is 7.05 Å². The second-order valence-electron chi connectivity index (χ2n) is 5.82. The van der Waals surface area contributed by atoms with Gasteiger partial charge in [0.1, 0.15) is 0 Å². The van der Waals surface area contributed by atoms with E-state index in [2.05, 4.69) is 10.3 Å². The molecule has 140 valence electrons. The fourth-order valence-electron chi connectivity index (χ4n) is 2.45. The molecule has 0 aliphatic rings. The van der Waals surface area contributed by atoms with E-state index in [4.69, 9.17) is 0 Å². The van der Waals surface area contributed by atoms with Gasteiger partial charge in [-0.05, 0) is 24.6 Å². The quantitative estimate of drug-likeness (QED) is 0.510. The van der Waals surface area contributed by atoms with Gasteiger partial charge in [0.25, 0.3) is 0 Å². The second-order valence-corrected chi connectivity index (χ2v) is 7.13. The van der Waals surface area contributed by atoms with E-state index in [1.165, 1.54) is 11.8 Å². The Balaban J connectivity index is 1.72. The second kappa shape index (κ2) is 7.87. The summed E-state index contributed by atoms with van der Waals surface area (Å²) in [6.45, 7) is 1.62. The van der Waals surface area contributed by atoms with Crippen LogP contribution in [0, 0.1) is 17.5 Å². The lowest BCUT2D eigenvalue weighted by atomic mass is 10.2. The predicted octanol–water partition coefficient (Wildman–Crippen LogP) is 4.62. The van der Waals surface area contributed by atoms with Crippen LogP contribution in [0.15, 0.2) is 53.8 Å². The molecule has 3 rings (SSSR count). The molecule has 1 unspecified atom stereocenters. The van der Waals surface area contributed by atoms with Crippen molar-refractivity contribution in [3.8, 4) is 11.3 Å². The maximum atomic E-state index is 13.7. The molecule has 0 saturated heterocycles. The Morgan fingerprint density at radius 1 is 1.11 bits per heavy atom. The van der Waals surface area contributed by atoms with Crippen LogP contribution >= 0.6 is 11.8 Å². The third-order valence-electron chi connectivity index (χ3n) is 3.96. The van der Waals surface area contributed by atoms with Crippen molar-refractivity contribution in [3.63, 3.8) is 0 Å². The average molecular weight is 391 g/mol. The molecular formula is C19H16F3N3OS. The Morgan fingerprint density at radius 2 is 1.81 bits per heavy atom. The number of imidazole rings is 1. The lowest BCUT2D eigenvalue weighted by Crippen LogP contribution is -2.23. The number of nitrogens with zero attached hydrogens (tertiary/aromatic N) is 2. The summed E-state index contributed by atoms with van der Waals surface area (Å²) in [4.78, 5) is 16.6. The normalized spacial score (nSPS) is 12.0. The number of hydrogen-bond donors (Lipinski definition) is 1. The third kappa shape index (κ3) is 4.00. The van der Waals surface area contributed by atoms with E-state index < -0.39 is 34.3 Å². The van der Waals surface area contributed by atoms with Gasteiger partial charge in [0.05, 0.1) is 22.8 Å². The van der Waals surface area contributed by atoms with E-state index in [1.54, 1.807) is 13.1 Å². The molecule has 27 heavy (non-hydrogen) atoms. The molecule has 1 N–H and O–H groups in total. The van der Waals surface area contributed by atoms with Crippen LogP contribution in [0.1, 0.15) is 6.92 Å². The highest BCUT2D eigenvalue weighted by molar-refractivity contribution is 8.00. The van der Waals surface area contributed by atoms with Crippen molar-refractivity contribution in [1.29, 1.82) is 0 Å². The summed E-state index contributed by atoms with van der Waals surface area (Å²) in [5, 5.41) is 2.24. The molecule has 0 radical (unpaired) electrons. The minimum absolute atomic E-state index is 0.406. The lowest BCUT2D eigenvalue weighted by molar-refractivity contribution is -0.115. The van der Waals surface area contributed by atoms with Crippen LogP contribution < -0.4 is 5.32 Å². The lowest BCUT2D eigenvalue weighted by Gasteiger charge is -2.13. The highest BCUT2D eigenvalue weighted by Crippen LogP contribution is 2.28. The number of carbonyl (C=O) groups is 1. The smallest absolute Gasteiger partial charge is 0.237 e. The number of amides is 1. The van der Waals surface area contributed by atoms with Crippen LogP contribution in [0.25, 0.3) is 11.3 Å². The standard InChI is InChI=1S/C19H16F3N3OS/c1-11(18(26)24-14-9-8-13(20)16(21)17(14)22)27-19-23-10-15(25(19)2)12-6-4-3-5-7-12/h3-11H,1-2H3,(H,24,26). The van der Waals surface area contributed by atoms with Crippen LogP contribution in [0.4, 0.5) is 18.9 Å². The van der Waals surface area contributed by atoms with Crippen molar-refractivity contribution < 1.29 is 18.0 Å². The van der Waals surface area contributed by atoms with Gasteiger partial charge in [-0.15, -0.1) is 0 Å². The van der Waals surface area contributed by atoms with Gasteiger partial charge in [-0.1, -0.05) is 42.1 Å². The molecule has 2 aromatic carbocycles. The SMILES string of the molecule is CC(Sc1ncc(-c2ccccc2)n1C)C(=O)Nc1ccc(F)c(F)c1F. The largest absolute Gasteiger partial charge is 0.323 e. The van der Waals surface area contributed by atoms with Crippen LogP contribution in [-0.4, -0.2) is 20.7 Å². The number of nitrogens with one attached hydrogen (secondary N) is 1. The highest BCUT2D eigenvalue weighted by Gasteiger charge is 2.21. The van der Waals surface area contributed by atoms with Crippen molar-refractivity contribution in [2.45, 2.75) is 17.3 Å². The Hall–Kier alpha value is -2.74. The molecule has 4 nitrogen and oxygen atoms in total. The third-order valence-corrected chi connectivity index (χ3v) is 5.12. The van der Waals surface area contributed by atoms with Crippen LogP contribution in [0.3, 0.4) is 0 Å². The van der Waals surface area contributed by atoms with E-state index >= 15 is 0 Å². The fraction of sp³-hybridized carbons (Fsp3) is 0.158. The zero-order chi connectivity index (χ0) is 19.6. The fourth-order valence-corrected chi connectivity index (χ4v) is 3.30. The Morgan fingerprint density at radius 3 is 2.52 bits per heavy atom. The Bertz CT molecular complexity index is 976. The molecule has 0 bridgehead atoms. The first-order valence-corrected chi connectivity index (χ1v) is 8.94. The molecule has 0 spiro atoms. The molecule has 0 fully saturated rings. The molecule has 1 heterocycles. The maximum Gasteiger partial charge on any atom is 0.237 e. The van der Waals surface area contributed by atoms with Gasteiger partial charge in [0.2, 0.25) is 5.91 Å². The summed E-state index contributed by atoms with van der Waals surface area (Å²) in [5.41, 5.74) is 1.47. The van der Waals surface area contributed by atoms with Crippen molar-refractivity contribution in [2.75, 3.05) is 5.32 Å². The van der Waals surface area contributed by atoms with Gasteiger partial charge in [-0.3, -0.25) is 4.79 Å². The van der Waals surface area contributed by atoms with Crippen molar-refractivity contribution in [3.05, 3.63) is 66.1 Å². The summed E-state index contributed by atoms with van der Waals surface area (Å²) in [6, 6.07) is 11.4. The van der Waals surface area contributed by atoms with Gasteiger partial charge in [0.15, 0.2) is 22.6 Å². The molecule has 8 heteroatoms. The van der Waals surface area contributed by atoms with E-state index in [9.17, 15) is 18.0 Å². The summed E-state index contributed by atoms with van der Waals surface area (Å²) < 4.78 is 41.8. The molecule has 1 amide bonds. The van der Waals surface area contributed by atoms with Gasteiger partial charge in [-0.2, -0.15) is 0 Å². The number of anilines is 1. The first-order valence-electron chi connectivity index (χ1n) is 8.06. The first-order chi connectivity index (χ1) is 12.9. The van der Waals surface area contributed by atoms with Gasteiger partial charge >= 0.3 is 0 Å². The zero-order valence-corrected chi connectivity index (χ0v) is 15.4. The van der Waals surface area contributed by atoms with Gasteiger partial charge in [-0.25, -0.2) is 18.2 Å². The molecule has 0 saturated carbocycles. The molecule has 0 aliphatic carbocycles. The zero-order valence-electron chi connectivity index (χ0n) is 14.5. The number of halogens is 3. The monoisotopic (exact) mass is 391 g/mol. The highest BCUT2D eigenvalue weighted by atomic mass is 32.2. The molecule has 3 aromatic rings. The molecule has 1 aromatic heterocycles. The predicted molar refractivity (Wildman–Crippen MR) is 98.9 cm³/mol. The number of carbonyl (C=O) groups excluding carboxylic acids is 1. The molecule has 0 aliphatic heterocycles. The summed E-state index contributed by atoms with van der Waals surface area (Å²) in [5.74, 6) is -4.91. The topological polar surface area (TPSA) is 46.9 Å². The number of aromatic nitrogens is 2. The Labute approximate surface area is 158 Å². The van der Waals surface area contributed by atoms with E-state index in [-0.39, 0.29) is 0 Å². The van der Waals surface area contributed by atoms with Gasteiger partial charge < -0.3 is 9.88 Å². The maximum absolute atomic E-state index is 13.7. The van der Waals surface area contributed by atoms with Gasteiger partial charge in [0, 0.05) is 7.05 Å². The van der Waals surface area contributed by atoms with Crippen LogP contribution in [0.5, 0.6) is 0 Å².